The van der Waals surface area contributed by atoms with Crippen molar-refractivity contribution in [1.82, 2.24) is 0 Å². The number of hydrogen-bond donors (Lipinski definition) is 0. The van der Waals surface area contributed by atoms with Crippen molar-refractivity contribution >= 4 is 27.1 Å². The van der Waals surface area contributed by atoms with E-state index in [4.69, 9.17) is 0 Å². The van der Waals surface area contributed by atoms with Gasteiger partial charge in [-0.3, -0.25) is 0 Å². The quantitative estimate of drug-likeness (QED) is 0.735. The number of benzene rings is 1. The number of nitrogens with zero attached hydrogens (tertiary/aromatic N) is 1. The summed E-state index contributed by atoms with van der Waals surface area (Å²) in [7, 11) is 4.20. The van der Waals surface area contributed by atoms with Crippen LogP contribution >= 0.6 is 11.3 Å². The molecule has 0 fully saturated rings. The van der Waals surface area contributed by atoms with E-state index in [1.54, 1.807) is 0 Å². The lowest BCUT2D eigenvalue weighted by Crippen LogP contribution is -2.07. The normalized spacial score (nSPS) is 11.3. The van der Waals surface area contributed by atoms with E-state index in [1.165, 1.54) is 21.3 Å². The first kappa shape index (κ1) is 10.5. The predicted molar refractivity (Wildman–Crippen MR) is 70.2 cm³/mol. The van der Waals surface area contributed by atoms with Crippen LogP contribution < -0.4 is 4.90 Å². The van der Waals surface area contributed by atoms with Crippen molar-refractivity contribution in [2.75, 3.05) is 19.0 Å². The van der Waals surface area contributed by atoms with E-state index in [1.807, 2.05) is 11.3 Å². The lowest BCUT2D eigenvalue weighted by molar-refractivity contribution is 0.869. The minimum atomic E-state index is 0.601. The zero-order valence-corrected chi connectivity index (χ0v) is 10.6. The van der Waals surface area contributed by atoms with Crippen molar-refractivity contribution in [3.8, 4) is 0 Å². The SMILES string of the molecule is CC(C)c1ccc2scc(N(C)C)c2c1. The van der Waals surface area contributed by atoms with Crippen molar-refractivity contribution in [3.05, 3.63) is 29.1 Å². The second-order valence-electron chi connectivity index (χ2n) is 4.43. The molecular weight excluding hydrogens is 202 g/mol. The summed E-state index contributed by atoms with van der Waals surface area (Å²) in [5.41, 5.74) is 2.75. The highest BCUT2D eigenvalue weighted by atomic mass is 32.1. The van der Waals surface area contributed by atoms with Gasteiger partial charge < -0.3 is 4.90 Å². The minimum absolute atomic E-state index is 0.601. The molecule has 0 unspecified atom stereocenters. The summed E-state index contributed by atoms with van der Waals surface area (Å²) >= 11 is 1.82. The molecule has 2 rings (SSSR count). The molecule has 1 aromatic carbocycles. The highest BCUT2D eigenvalue weighted by Gasteiger charge is 2.07. The highest BCUT2D eigenvalue weighted by molar-refractivity contribution is 7.17. The van der Waals surface area contributed by atoms with Gasteiger partial charge >= 0.3 is 0 Å². The summed E-state index contributed by atoms with van der Waals surface area (Å²) in [5, 5.41) is 3.62. The Balaban J connectivity index is 2.61. The lowest BCUT2D eigenvalue weighted by Gasteiger charge is -2.12. The van der Waals surface area contributed by atoms with Gasteiger partial charge in [0.15, 0.2) is 0 Å². The van der Waals surface area contributed by atoms with Crippen LogP contribution in [0.25, 0.3) is 10.1 Å². The highest BCUT2D eigenvalue weighted by Crippen LogP contribution is 2.33. The Bertz CT molecular complexity index is 468. The molecule has 0 aliphatic heterocycles. The molecule has 1 aromatic heterocycles. The third-order valence-corrected chi connectivity index (χ3v) is 3.68. The minimum Gasteiger partial charge on any atom is -0.376 e. The maximum Gasteiger partial charge on any atom is 0.0549 e. The predicted octanol–water partition coefficient (Wildman–Crippen LogP) is 4.09. The van der Waals surface area contributed by atoms with Gasteiger partial charge in [0.2, 0.25) is 0 Å². The fourth-order valence-corrected chi connectivity index (χ4v) is 2.75. The Morgan fingerprint density at radius 3 is 2.53 bits per heavy atom. The number of rotatable bonds is 2. The third kappa shape index (κ3) is 1.86. The smallest absolute Gasteiger partial charge is 0.0549 e. The summed E-state index contributed by atoms with van der Waals surface area (Å²) in [6.45, 7) is 4.48. The molecule has 0 spiro atoms. The Hall–Kier alpha value is -1.02. The van der Waals surface area contributed by atoms with Crippen LogP contribution in [0.4, 0.5) is 5.69 Å². The first-order valence-electron chi connectivity index (χ1n) is 5.28. The second-order valence-corrected chi connectivity index (χ2v) is 5.34. The average Bonchev–Trinajstić information content (AvgIpc) is 2.59. The molecular formula is C13H17NS. The molecule has 0 amide bonds. The van der Waals surface area contributed by atoms with Crippen LogP contribution in [-0.2, 0) is 0 Å². The van der Waals surface area contributed by atoms with E-state index in [-0.39, 0.29) is 0 Å². The fraction of sp³-hybridized carbons (Fsp3) is 0.385. The van der Waals surface area contributed by atoms with Gasteiger partial charge in [-0.25, -0.2) is 0 Å². The molecule has 0 saturated carbocycles. The molecule has 1 heterocycles. The van der Waals surface area contributed by atoms with Gasteiger partial charge in [0.05, 0.1) is 5.69 Å². The average molecular weight is 219 g/mol. The molecule has 0 saturated heterocycles. The van der Waals surface area contributed by atoms with E-state index in [9.17, 15) is 0 Å². The van der Waals surface area contributed by atoms with Crippen LogP contribution in [0.5, 0.6) is 0 Å². The van der Waals surface area contributed by atoms with Crippen LogP contribution in [0.15, 0.2) is 23.6 Å². The molecule has 2 aromatic rings. The number of anilines is 1. The Morgan fingerprint density at radius 1 is 1.20 bits per heavy atom. The van der Waals surface area contributed by atoms with Crippen molar-refractivity contribution in [1.29, 1.82) is 0 Å². The number of hydrogen-bond acceptors (Lipinski definition) is 2. The maximum atomic E-state index is 2.33. The van der Waals surface area contributed by atoms with Crippen molar-refractivity contribution < 1.29 is 0 Å². The molecule has 0 bridgehead atoms. The van der Waals surface area contributed by atoms with Gasteiger partial charge in [-0.2, -0.15) is 0 Å². The Kier molecular flexibility index (Phi) is 2.70. The monoisotopic (exact) mass is 219 g/mol. The van der Waals surface area contributed by atoms with Gasteiger partial charge in [-0.05, 0) is 23.6 Å². The van der Waals surface area contributed by atoms with Crippen LogP contribution in [0.1, 0.15) is 25.3 Å². The van der Waals surface area contributed by atoms with Crippen molar-refractivity contribution in [2.45, 2.75) is 19.8 Å². The maximum absolute atomic E-state index is 2.33. The van der Waals surface area contributed by atoms with Gasteiger partial charge in [-0.15, -0.1) is 11.3 Å². The summed E-state index contributed by atoms with van der Waals surface area (Å²) in [6.07, 6.45) is 0. The summed E-state index contributed by atoms with van der Waals surface area (Å²) in [6, 6.07) is 6.80. The van der Waals surface area contributed by atoms with Crippen LogP contribution in [0.2, 0.25) is 0 Å². The topological polar surface area (TPSA) is 3.24 Å². The zero-order chi connectivity index (χ0) is 11.0. The van der Waals surface area contributed by atoms with Gasteiger partial charge in [0.1, 0.15) is 0 Å². The van der Waals surface area contributed by atoms with E-state index in [0.29, 0.717) is 5.92 Å². The van der Waals surface area contributed by atoms with Crippen LogP contribution in [-0.4, -0.2) is 14.1 Å². The van der Waals surface area contributed by atoms with E-state index < -0.39 is 0 Å². The van der Waals surface area contributed by atoms with E-state index >= 15 is 0 Å². The molecule has 0 N–H and O–H groups in total. The van der Waals surface area contributed by atoms with Crippen LogP contribution in [0.3, 0.4) is 0 Å². The van der Waals surface area contributed by atoms with E-state index in [2.05, 4.69) is 56.4 Å². The Morgan fingerprint density at radius 2 is 1.93 bits per heavy atom. The van der Waals surface area contributed by atoms with Crippen LogP contribution in [0, 0.1) is 0 Å². The summed E-state index contributed by atoms with van der Waals surface area (Å²) < 4.78 is 1.38. The second kappa shape index (κ2) is 3.86. The molecule has 0 radical (unpaired) electrons. The molecule has 80 valence electrons. The van der Waals surface area contributed by atoms with Gasteiger partial charge in [0, 0.05) is 29.6 Å². The lowest BCUT2D eigenvalue weighted by atomic mass is 10.0. The number of thiophene rings is 1. The van der Waals surface area contributed by atoms with Gasteiger partial charge in [-0.1, -0.05) is 19.9 Å². The van der Waals surface area contributed by atoms with Crippen molar-refractivity contribution in [2.24, 2.45) is 0 Å². The third-order valence-electron chi connectivity index (χ3n) is 2.73. The first-order valence-corrected chi connectivity index (χ1v) is 6.16. The molecule has 0 aliphatic carbocycles. The summed E-state index contributed by atoms with van der Waals surface area (Å²) in [5.74, 6) is 0.601. The fourth-order valence-electron chi connectivity index (χ4n) is 1.74. The zero-order valence-electron chi connectivity index (χ0n) is 9.74. The standard InChI is InChI=1S/C13H17NS/c1-9(2)10-5-6-13-11(7-10)12(8-15-13)14(3)4/h5-9H,1-4H3. The molecule has 15 heavy (non-hydrogen) atoms. The van der Waals surface area contributed by atoms with Gasteiger partial charge in [0.25, 0.3) is 0 Å². The largest absolute Gasteiger partial charge is 0.376 e. The Labute approximate surface area is 95.3 Å². The molecule has 0 atom stereocenters. The van der Waals surface area contributed by atoms with E-state index in [0.717, 1.165) is 0 Å². The molecule has 1 nitrogen and oxygen atoms in total. The molecule has 0 aliphatic rings. The first-order chi connectivity index (χ1) is 7.09. The molecule has 2 heteroatoms. The van der Waals surface area contributed by atoms with Crippen molar-refractivity contribution in [3.63, 3.8) is 0 Å². The summed E-state index contributed by atoms with van der Waals surface area (Å²) in [4.78, 5) is 2.18. The number of fused-ring (bicyclic) bond motifs is 1.